The number of carbonyl (C=O) groups is 2. The van der Waals surface area contributed by atoms with Crippen molar-refractivity contribution >= 4 is 40.5 Å². The first-order chi connectivity index (χ1) is 16.3. The standard InChI is InChI=1S/C26H34ClN5O2/c1-18-6-7-19(2)23(15-18)30-11-13-31(14-12-30)24-17-21(27)20(16-22(24)28)26(34)29-8-4-10-32-9-3-5-25(32)33/h6-7,15-17H,3-5,8-14,28H2,1-2H3,(H,29,34). The van der Waals surface area contributed by atoms with Crippen molar-refractivity contribution < 1.29 is 9.59 Å². The van der Waals surface area contributed by atoms with Crippen LogP contribution in [0.15, 0.2) is 30.3 Å². The van der Waals surface area contributed by atoms with Gasteiger partial charge in [-0.2, -0.15) is 0 Å². The number of piperazine rings is 1. The SMILES string of the molecule is Cc1ccc(C)c(N2CCN(c3cc(Cl)c(C(=O)NCCCN4CCCC4=O)cc3N)CC2)c1. The van der Waals surface area contributed by atoms with Crippen LogP contribution in [0.2, 0.25) is 5.02 Å². The fourth-order valence-electron chi connectivity index (χ4n) is 4.78. The molecular weight excluding hydrogens is 450 g/mol. The second kappa shape index (κ2) is 10.6. The van der Waals surface area contributed by atoms with Crippen LogP contribution in [-0.4, -0.2) is 62.5 Å². The summed E-state index contributed by atoms with van der Waals surface area (Å²) in [5.74, 6) is -0.0386. The lowest BCUT2D eigenvalue weighted by atomic mass is 10.1. The molecule has 2 heterocycles. The van der Waals surface area contributed by atoms with E-state index in [1.807, 2.05) is 11.0 Å². The number of carbonyl (C=O) groups excluding carboxylic acids is 2. The quantitative estimate of drug-likeness (QED) is 0.464. The molecule has 7 nitrogen and oxygen atoms in total. The Hall–Kier alpha value is -2.93. The van der Waals surface area contributed by atoms with Crippen LogP contribution in [0, 0.1) is 13.8 Å². The van der Waals surface area contributed by atoms with Gasteiger partial charge in [0.2, 0.25) is 5.91 Å². The highest BCUT2D eigenvalue weighted by molar-refractivity contribution is 6.34. The molecule has 0 saturated carbocycles. The first-order valence-corrected chi connectivity index (χ1v) is 12.4. The number of rotatable bonds is 7. The average Bonchev–Trinajstić information content (AvgIpc) is 3.24. The number of aryl methyl sites for hydroxylation is 2. The number of nitrogen functional groups attached to an aromatic ring is 1. The Balaban J connectivity index is 1.33. The molecular formula is C26H34ClN5O2. The van der Waals surface area contributed by atoms with Gasteiger partial charge in [-0.3, -0.25) is 9.59 Å². The molecule has 0 radical (unpaired) electrons. The van der Waals surface area contributed by atoms with Crippen LogP contribution in [-0.2, 0) is 4.79 Å². The topological polar surface area (TPSA) is 81.9 Å². The molecule has 182 valence electrons. The van der Waals surface area contributed by atoms with Crippen molar-refractivity contribution in [2.75, 3.05) is 61.3 Å². The summed E-state index contributed by atoms with van der Waals surface area (Å²) in [4.78, 5) is 30.9. The van der Waals surface area contributed by atoms with Gasteiger partial charge in [0.15, 0.2) is 0 Å². The summed E-state index contributed by atoms with van der Waals surface area (Å²) in [5, 5.41) is 3.30. The summed E-state index contributed by atoms with van der Waals surface area (Å²) in [7, 11) is 0. The maximum atomic E-state index is 12.7. The minimum atomic E-state index is -0.240. The monoisotopic (exact) mass is 483 g/mol. The van der Waals surface area contributed by atoms with Crippen molar-refractivity contribution in [2.45, 2.75) is 33.1 Å². The fraction of sp³-hybridized carbons (Fsp3) is 0.462. The van der Waals surface area contributed by atoms with Gasteiger partial charge in [0.1, 0.15) is 0 Å². The smallest absolute Gasteiger partial charge is 0.252 e. The number of likely N-dealkylation sites (tertiary alicyclic amines) is 1. The average molecular weight is 484 g/mol. The number of anilines is 3. The molecule has 4 rings (SSSR count). The van der Waals surface area contributed by atoms with E-state index in [4.69, 9.17) is 17.3 Å². The van der Waals surface area contributed by atoms with E-state index in [-0.39, 0.29) is 11.8 Å². The number of amides is 2. The zero-order chi connectivity index (χ0) is 24.2. The van der Waals surface area contributed by atoms with Gasteiger partial charge in [0, 0.05) is 57.9 Å². The van der Waals surface area contributed by atoms with Crippen molar-refractivity contribution in [3.8, 4) is 0 Å². The number of benzene rings is 2. The molecule has 2 saturated heterocycles. The van der Waals surface area contributed by atoms with Crippen molar-refractivity contribution in [1.82, 2.24) is 10.2 Å². The molecule has 2 aliphatic rings. The Kier molecular flexibility index (Phi) is 7.51. The van der Waals surface area contributed by atoms with Gasteiger partial charge < -0.3 is 25.8 Å². The highest BCUT2D eigenvalue weighted by atomic mass is 35.5. The summed E-state index contributed by atoms with van der Waals surface area (Å²) in [6.07, 6.45) is 2.27. The maximum absolute atomic E-state index is 12.7. The van der Waals surface area contributed by atoms with E-state index >= 15 is 0 Å². The fourth-order valence-corrected chi connectivity index (χ4v) is 5.03. The normalized spacial score (nSPS) is 16.3. The predicted octanol–water partition coefficient (Wildman–Crippen LogP) is 3.61. The molecule has 0 aromatic heterocycles. The zero-order valence-electron chi connectivity index (χ0n) is 20.1. The molecule has 2 fully saturated rings. The van der Waals surface area contributed by atoms with Gasteiger partial charge in [0.25, 0.3) is 5.91 Å². The molecule has 3 N–H and O–H groups in total. The first-order valence-electron chi connectivity index (χ1n) is 12.1. The molecule has 0 aliphatic carbocycles. The maximum Gasteiger partial charge on any atom is 0.252 e. The summed E-state index contributed by atoms with van der Waals surface area (Å²) >= 11 is 6.51. The first kappa shape index (κ1) is 24.2. The van der Waals surface area contributed by atoms with Gasteiger partial charge in [-0.25, -0.2) is 0 Å². The summed E-state index contributed by atoms with van der Waals surface area (Å²) in [5.41, 5.74) is 12.0. The number of hydrogen-bond donors (Lipinski definition) is 2. The van der Waals surface area contributed by atoms with Gasteiger partial charge >= 0.3 is 0 Å². The van der Waals surface area contributed by atoms with Crippen molar-refractivity contribution in [2.24, 2.45) is 0 Å². The van der Waals surface area contributed by atoms with Crippen LogP contribution in [0.5, 0.6) is 0 Å². The Morgan fingerprint density at radius 1 is 1.03 bits per heavy atom. The van der Waals surface area contributed by atoms with Gasteiger partial charge in [-0.15, -0.1) is 0 Å². The molecule has 0 spiro atoms. The molecule has 34 heavy (non-hydrogen) atoms. The van der Waals surface area contributed by atoms with Crippen LogP contribution in [0.4, 0.5) is 17.1 Å². The number of halogens is 1. The zero-order valence-corrected chi connectivity index (χ0v) is 20.8. The van der Waals surface area contributed by atoms with E-state index in [0.29, 0.717) is 42.2 Å². The molecule has 2 amide bonds. The molecule has 2 aliphatic heterocycles. The number of hydrogen-bond acceptors (Lipinski definition) is 5. The molecule has 8 heteroatoms. The van der Waals surface area contributed by atoms with E-state index in [1.165, 1.54) is 16.8 Å². The number of nitrogens with one attached hydrogen (secondary N) is 1. The van der Waals surface area contributed by atoms with E-state index in [2.05, 4.69) is 47.2 Å². The molecule has 0 bridgehead atoms. The Bertz CT molecular complexity index is 1070. The second-order valence-corrected chi connectivity index (χ2v) is 9.66. The van der Waals surface area contributed by atoms with E-state index in [9.17, 15) is 9.59 Å². The van der Waals surface area contributed by atoms with E-state index in [0.717, 1.165) is 44.8 Å². The largest absolute Gasteiger partial charge is 0.397 e. The minimum absolute atomic E-state index is 0.201. The summed E-state index contributed by atoms with van der Waals surface area (Å²) < 4.78 is 0. The van der Waals surface area contributed by atoms with Crippen LogP contribution >= 0.6 is 11.6 Å². The van der Waals surface area contributed by atoms with Crippen LogP contribution in [0.25, 0.3) is 0 Å². The van der Waals surface area contributed by atoms with Crippen LogP contribution in [0.3, 0.4) is 0 Å². The molecule has 0 unspecified atom stereocenters. The molecule has 2 aromatic rings. The summed E-state index contributed by atoms with van der Waals surface area (Å²) in [6.45, 7) is 9.68. The lowest BCUT2D eigenvalue weighted by Crippen LogP contribution is -2.47. The summed E-state index contributed by atoms with van der Waals surface area (Å²) in [6, 6.07) is 10.0. The highest BCUT2D eigenvalue weighted by Gasteiger charge is 2.23. The Morgan fingerprint density at radius 3 is 2.41 bits per heavy atom. The predicted molar refractivity (Wildman–Crippen MR) is 139 cm³/mol. The Labute approximate surface area is 206 Å². The minimum Gasteiger partial charge on any atom is -0.397 e. The third-order valence-corrected chi connectivity index (χ3v) is 7.06. The van der Waals surface area contributed by atoms with Gasteiger partial charge in [0.05, 0.1) is 22.0 Å². The van der Waals surface area contributed by atoms with E-state index < -0.39 is 0 Å². The third kappa shape index (κ3) is 5.41. The lowest BCUT2D eigenvalue weighted by molar-refractivity contribution is -0.127. The van der Waals surface area contributed by atoms with Gasteiger partial charge in [-0.05, 0) is 56.0 Å². The van der Waals surface area contributed by atoms with Crippen molar-refractivity contribution in [3.63, 3.8) is 0 Å². The lowest BCUT2D eigenvalue weighted by Gasteiger charge is -2.38. The Morgan fingerprint density at radius 2 is 1.74 bits per heavy atom. The molecule has 2 aromatic carbocycles. The van der Waals surface area contributed by atoms with Crippen molar-refractivity contribution in [1.29, 1.82) is 0 Å². The van der Waals surface area contributed by atoms with E-state index in [1.54, 1.807) is 6.07 Å². The van der Waals surface area contributed by atoms with Crippen LogP contribution < -0.4 is 20.9 Å². The number of nitrogens with two attached hydrogens (primary N) is 1. The van der Waals surface area contributed by atoms with Crippen molar-refractivity contribution in [3.05, 3.63) is 52.0 Å². The second-order valence-electron chi connectivity index (χ2n) is 9.25. The van der Waals surface area contributed by atoms with Gasteiger partial charge in [-0.1, -0.05) is 23.7 Å². The highest BCUT2D eigenvalue weighted by Crippen LogP contribution is 2.32. The van der Waals surface area contributed by atoms with Crippen LogP contribution in [0.1, 0.15) is 40.7 Å². The third-order valence-electron chi connectivity index (χ3n) is 6.75. The molecule has 0 atom stereocenters. The number of nitrogens with zero attached hydrogens (tertiary/aromatic N) is 3.